The Kier molecular flexibility index (Phi) is 6.42. The molecular formula is C17H16F2N2O5. The van der Waals surface area contributed by atoms with Gasteiger partial charge in [0.2, 0.25) is 0 Å². The molecule has 0 aliphatic carbocycles. The molecule has 0 saturated heterocycles. The number of rotatable bonds is 7. The van der Waals surface area contributed by atoms with E-state index in [1.807, 2.05) is 0 Å². The molecule has 0 aliphatic heterocycles. The molecule has 1 N–H and O–H groups in total. The number of carbonyl (C=O) groups is 2. The maximum atomic E-state index is 12.4. The maximum Gasteiger partial charge on any atom is 0.387 e. The number of benzene rings is 1. The Morgan fingerprint density at radius 3 is 2.54 bits per heavy atom. The van der Waals surface area contributed by atoms with Crippen molar-refractivity contribution in [1.29, 1.82) is 0 Å². The summed E-state index contributed by atoms with van der Waals surface area (Å²) in [5.74, 6) is -1.74. The van der Waals surface area contributed by atoms with Crippen molar-refractivity contribution in [3.05, 3.63) is 59.0 Å². The summed E-state index contributed by atoms with van der Waals surface area (Å²) >= 11 is 0. The van der Waals surface area contributed by atoms with Crippen LogP contribution in [0.3, 0.4) is 0 Å². The smallest absolute Gasteiger partial charge is 0.387 e. The van der Waals surface area contributed by atoms with Gasteiger partial charge in [0.1, 0.15) is 12.3 Å². The summed E-state index contributed by atoms with van der Waals surface area (Å²) in [6.45, 7) is -2.09. The predicted molar refractivity (Wildman–Crippen MR) is 88.0 cm³/mol. The van der Waals surface area contributed by atoms with Gasteiger partial charge in [-0.2, -0.15) is 8.78 Å². The third-order valence-electron chi connectivity index (χ3n) is 3.24. The zero-order valence-corrected chi connectivity index (χ0v) is 13.7. The van der Waals surface area contributed by atoms with Crippen molar-refractivity contribution in [2.75, 3.05) is 5.32 Å². The lowest BCUT2D eigenvalue weighted by Crippen LogP contribution is -2.32. The van der Waals surface area contributed by atoms with Crippen LogP contribution in [0, 0.1) is 0 Å². The normalized spacial score (nSPS) is 11.7. The van der Waals surface area contributed by atoms with Gasteiger partial charge in [-0.15, -0.1) is 0 Å². The van der Waals surface area contributed by atoms with E-state index in [0.29, 0.717) is 0 Å². The van der Waals surface area contributed by atoms with Crippen molar-refractivity contribution in [3.8, 4) is 5.75 Å². The lowest BCUT2D eigenvalue weighted by molar-refractivity contribution is -0.153. The van der Waals surface area contributed by atoms with Gasteiger partial charge in [0.15, 0.2) is 6.10 Å². The first-order valence-electron chi connectivity index (χ1n) is 7.56. The molecule has 7 nitrogen and oxygen atoms in total. The number of amides is 1. The zero-order valence-electron chi connectivity index (χ0n) is 13.7. The fourth-order valence-electron chi connectivity index (χ4n) is 2.02. The van der Waals surface area contributed by atoms with E-state index in [0.717, 1.165) is 4.57 Å². The highest BCUT2D eigenvalue weighted by atomic mass is 19.3. The molecule has 0 unspecified atom stereocenters. The van der Waals surface area contributed by atoms with Crippen LogP contribution in [0.4, 0.5) is 14.5 Å². The zero-order chi connectivity index (χ0) is 19.1. The second kappa shape index (κ2) is 8.75. The summed E-state index contributed by atoms with van der Waals surface area (Å²) in [5, 5.41) is 2.35. The number of pyridine rings is 1. The third-order valence-corrected chi connectivity index (χ3v) is 3.24. The second-order valence-corrected chi connectivity index (χ2v) is 5.16. The Labute approximate surface area is 147 Å². The molecular weight excluding hydrogens is 350 g/mol. The number of carbonyl (C=O) groups excluding carboxylic acids is 2. The first kappa shape index (κ1) is 19.1. The van der Waals surface area contributed by atoms with E-state index in [-0.39, 0.29) is 23.5 Å². The maximum absolute atomic E-state index is 12.4. The SMILES string of the molecule is C[C@@H](OC(=O)Cn1ccccc1=O)C(=O)Nc1ccccc1OC(F)F. The fraction of sp³-hybridized carbons (Fsp3) is 0.235. The van der Waals surface area contributed by atoms with Gasteiger partial charge in [-0.3, -0.25) is 14.4 Å². The summed E-state index contributed by atoms with van der Waals surface area (Å²) in [6.07, 6.45) is 0.202. The highest BCUT2D eigenvalue weighted by Crippen LogP contribution is 2.25. The quantitative estimate of drug-likeness (QED) is 0.758. The third kappa shape index (κ3) is 5.40. The van der Waals surface area contributed by atoms with Crippen molar-refractivity contribution >= 4 is 17.6 Å². The predicted octanol–water partition coefficient (Wildman–Crippen LogP) is 2.02. The number of ether oxygens (including phenoxy) is 2. The van der Waals surface area contributed by atoms with E-state index in [1.165, 1.54) is 49.5 Å². The van der Waals surface area contributed by atoms with E-state index < -0.39 is 24.6 Å². The van der Waals surface area contributed by atoms with E-state index >= 15 is 0 Å². The van der Waals surface area contributed by atoms with Crippen molar-refractivity contribution in [2.24, 2.45) is 0 Å². The Balaban J connectivity index is 1.97. The number of hydrogen-bond acceptors (Lipinski definition) is 5. The van der Waals surface area contributed by atoms with Gasteiger partial charge < -0.3 is 19.4 Å². The minimum Gasteiger partial charge on any atom is -0.451 e. The van der Waals surface area contributed by atoms with Crippen LogP contribution in [0.5, 0.6) is 5.75 Å². The van der Waals surface area contributed by atoms with Crippen molar-refractivity contribution in [1.82, 2.24) is 4.57 Å². The summed E-state index contributed by atoms with van der Waals surface area (Å²) in [5.41, 5.74) is -0.375. The second-order valence-electron chi connectivity index (χ2n) is 5.16. The molecule has 1 atom stereocenters. The van der Waals surface area contributed by atoms with Crippen LogP contribution in [0.15, 0.2) is 53.5 Å². The molecule has 9 heteroatoms. The van der Waals surface area contributed by atoms with Gasteiger partial charge in [0.25, 0.3) is 11.5 Å². The molecule has 26 heavy (non-hydrogen) atoms. The molecule has 0 aliphatic rings. The summed E-state index contributed by atoms with van der Waals surface area (Å²) in [4.78, 5) is 35.5. The van der Waals surface area contributed by atoms with Crippen LogP contribution in [-0.2, 0) is 20.9 Å². The first-order valence-corrected chi connectivity index (χ1v) is 7.56. The lowest BCUT2D eigenvalue weighted by atomic mass is 10.2. The minimum atomic E-state index is -3.05. The highest BCUT2D eigenvalue weighted by molar-refractivity contribution is 5.96. The molecule has 1 amide bonds. The van der Waals surface area contributed by atoms with E-state index in [4.69, 9.17) is 4.74 Å². The van der Waals surface area contributed by atoms with Gasteiger partial charge >= 0.3 is 12.6 Å². The highest BCUT2D eigenvalue weighted by Gasteiger charge is 2.20. The van der Waals surface area contributed by atoms with Gasteiger partial charge in [0.05, 0.1) is 5.69 Å². The summed E-state index contributed by atoms with van der Waals surface area (Å²) < 4.78 is 35.1. The molecule has 1 aromatic carbocycles. The van der Waals surface area contributed by atoms with Gasteiger partial charge in [-0.1, -0.05) is 18.2 Å². The Bertz CT molecular complexity index is 838. The number of nitrogens with one attached hydrogen (secondary N) is 1. The first-order chi connectivity index (χ1) is 12.4. The van der Waals surface area contributed by atoms with Crippen LogP contribution in [-0.4, -0.2) is 29.2 Å². The van der Waals surface area contributed by atoms with Gasteiger partial charge in [-0.25, -0.2) is 0 Å². The lowest BCUT2D eigenvalue weighted by Gasteiger charge is -2.16. The molecule has 0 spiro atoms. The molecule has 0 radical (unpaired) electrons. The number of alkyl halides is 2. The number of para-hydroxylation sites is 2. The van der Waals surface area contributed by atoms with Crippen LogP contribution < -0.4 is 15.6 Å². The Hall–Kier alpha value is -3.23. The average Bonchev–Trinajstić information content (AvgIpc) is 2.58. The molecule has 1 aromatic heterocycles. The molecule has 138 valence electrons. The topological polar surface area (TPSA) is 86.6 Å². The monoisotopic (exact) mass is 366 g/mol. The largest absolute Gasteiger partial charge is 0.451 e. The minimum absolute atomic E-state index is 0.0139. The van der Waals surface area contributed by atoms with E-state index in [2.05, 4.69) is 10.1 Å². The van der Waals surface area contributed by atoms with Crippen LogP contribution >= 0.6 is 0 Å². The molecule has 0 bridgehead atoms. The van der Waals surface area contributed by atoms with Gasteiger partial charge in [-0.05, 0) is 25.1 Å². The van der Waals surface area contributed by atoms with E-state index in [1.54, 1.807) is 6.07 Å². The van der Waals surface area contributed by atoms with Crippen molar-refractivity contribution in [3.63, 3.8) is 0 Å². The standard InChI is InChI=1S/C17H16F2N2O5/c1-11(25-15(23)10-21-9-5-4-8-14(21)22)16(24)20-12-6-2-3-7-13(12)26-17(18)19/h2-9,11,17H,10H2,1H3,(H,20,24)/t11-/m1/s1. The number of esters is 1. The fourth-order valence-corrected chi connectivity index (χ4v) is 2.02. The number of anilines is 1. The van der Waals surface area contributed by atoms with Crippen molar-refractivity contribution < 1.29 is 27.8 Å². The summed E-state index contributed by atoms with van der Waals surface area (Å²) in [6, 6.07) is 10.0. The number of aromatic nitrogens is 1. The summed E-state index contributed by atoms with van der Waals surface area (Å²) in [7, 11) is 0. The molecule has 0 fully saturated rings. The van der Waals surface area contributed by atoms with Gasteiger partial charge in [0, 0.05) is 12.3 Å². The van der Waals surface area contributed by atoms with Crippen LogP contribution in [0.25, 0.3) is 0 Å². The number of nitrogens with zero attached hydrogens (tertiary/aromatic N) is 1. The Morgan fingerprint density at radius 1 is 1.15 bits per heavy atom. The number of hydrogen-bond donors (Lipinski definition) is 1. The molecule has 0 saturated carbocycles. The number of halogens is 2. The average molecular weight is 366 g/mol. The molecule has 2 aromatic rings. The van der Waals surface area contributed by atoms with Crippen LogP contribution in [0.1, 0.15) is 6.92 Å². The molecule has 1 heterocycles. The Morgan fingerprint density at radius 2 is 1.85 bits per heavy atom. The van der Waals surface area contributed by atoms with Crippen molar-refractivity contribution in [2.45, 2.75) is 26.2 Å². The van der Waals surface area contributed by atoms with E-state index in [9.17, 15) is 23.2 Å². The molecule has 2 rings (SSSR count). The van der Waals surface area contributed by atoms with Crippen LogP contribution in [0.2, 0.25) is 0 Å².